The normalized spacial score (nSPS) is 24.3. The largest absolute Gasteiger partial charge is 0.351 e. The number of nitrogens with one attached hydrogen (secondary N) is 1. The number of hydrogen-bond donors (Lipinski definition) is 1. The summed E-state index contributed by atoms with van der Waals surface area (Å²) in [5.74, 6) is -0.136. The van der Waals surface area contributed by atoms with Crippen molar-refractivity contribution in [1.29, 1.82) is 0 Å². The molecule has 0 unspecified atom stereocenters. The van der Waals surface area contributed by atoms with E-state index in [1.54, 1.807) is 12.1 Å². The lowest BCUT2D eigenvalue weighted by Crippen LogP contribution is -2.43. The van der Waals surface area contributed by atoms with Gasteiger partial charge < -0.3 is 5.32 Å². The third-order valence-electron chi connectivity index (χ3n) is 4.87. The summed E-state index contributed by atoms with van der Waals surface area (Å²) in [4.78, 5) is 15.0. The third kappa shape index (κ3) is 2.82. The van der Waals surface area contributed by atoms with Crippen LogP contribution in [0.2, 0.25) is 0 Å². The van der Waals surface area contributed by atoms with Crippen molar-refractivity contribution in [3.05, 3.63) is 35.6 Å². The molecule has 2 aliphatic rings. The Morgan fingerprint density at radius 1 is 1.33 bits per heavy atom. The van der Waals surface area contributed by atoms with Crippen LogP contribution in [0.25, 0.3) is 0 Å². The summed E-state index contributed by atoms with van der Waals surface area (Å²) < 4.78 is 13.0. The molecule has 0 spiro atoms. The summed E-state index contributed by atoms with van der Waals surface area (Å²) in [6, 6.07) is 7.16. The average Bonchev–Trinajstić information content (AvgIpc) is 3.13. The first-order chi connectivity index (χ1) is 10.0. The van der Waals surface area contributed by atoms with Gasteiger partial charge in [0.15, 0.2) is 0 Å². The summed E-state index contributed by atoms with van der Waals surface area (Å²) in [5.41, 5.74) is 0.541. The second-order valence-electron chi connectivity index (χ2n) is 6.64. The van der Waals surface area contributed by atoms with Crippen molar-refractivity contribution in [2.75, 3.05) is 13.1 Å². The fourth-order valence-corrected chi connectivity index (χ4v) is 3.24. The first kappa shape index (κ1) is 14.5. The summed E-state index contributed by atoms with van der Waals surface area (Å²) in [6.07, 6.45) is 2.75. The summed E-state index contributed by atoms with van der Waals surface area (Å²) in [7, 11) is 0. The molecule has 0 bridgehead atoms. The predicted molar refractivity (Wildman–Crippen MR) is 80.6 cm³/mol. The SMILES string of the molecule is CC(C)N1CC[C@H](NC(=O)C2(c3ccc(F)cc3)CC2)C1. The second-order valence-corrected chi connectivity index (χ2v) is 6.64. The molecule has 1 amide bonds. The standard InChI is InChI=1S/C17H23FN2O/c1-12(2)20-10-7-15(11-20)19-16(21)17(8-9-17)13-3-5-14(18)6-4-13/h3-6,12,15H,7-11H2,1-2H3,(H,19,21)/t15-/m0/s1. The van der Waals surface area contributed by atoms with Crippen LogP contribution in [-0.2, 0) is 10.2 Å². The highest BCUT2D eigenvalue weighted by Gasteiger charge is 2.51. The molecule has 1 atom stereocenters. The van der Waals surface area contributed by atoms with Crippen LogP contribution in [0.3, 0.4) is 0 Å². The highest BCUT2D eigenvalue weighted by atomic mass is 19.1. The van der Waals surface area contributed by atoms with E-state index in [4.69, 9.17) is 0 Å². The minimum atomic E-state index is -0.404. The maximum atomic E-state index is 13.0. The van der Waals surface area contributed by atoms with Gasteiger partial charge >= 0.3 is 0 Å². The summed E-state index contributed by atoms with van der Waals surface area (Å²) in [5, 5.41) is 3.21. The lowest BCUT2D eigenvalue weighted by molar-refractivity contribution is -0.124. The van der Waals surface area contributed by atoms with E-state index in [2.05, 4.69) is 24.1 Å². The third-order valence-corrected chi connectivity index (χ3v) is 4.87. The van der Waals surface area contributed by atoms with Gasteiger partial charge in [-0.2, -0.15) is 0 Å². The van der Waals surface area contributed by atoms with E-state index >= 15 is 0 Å². The van der Waals surface area contributed by atoms with Crippen LogP contribution in [0.15, 0.2) is 24.3 Å². The van der Waals surface area contributed by atoms with Crippen LogP contribution in [0.1, 0.15) is 38.7 Å². The zero-order valence-corrected chi connectivity index (χ0v) is 12.7. The second kappa shape index (κ2) is 5.41. The molecular formula is C17H23FN2O. The van der Waals surface area contributed by atoms with Gasteiger partial charge in [-0.1, -0.05) is 12.1 Å². The maximum Gasteiger partial charge on any atom is 0.230 e. The molecule has 1 heterocycles. The molecule has 1 aliphatic carbocycles. The highest BCUT2D eigenvalue weighted by molar-refractivity contribution is 5.91. The Labute approximate surface area is 125 Å². The molecule has 3 nitrogen and oxygen atoms in total. The number of amides is 1. The topological polar surface area (TPSA) is 32.3 Å². The minimum absolute atomic E-state index is 0.115. The quantitative estimate of drug-likeness (QED) is 0.924. The fraction of sp³-hybridized carbons (Fsp3) is 0.588. The van der Waals surface area contributed by atoms with E-state index in [-0.39, 0.29) is 17.8 Å². The molecule has 1 N–H and O–H groups in total. The number of rotatable bonds is 4. The smallest absolute Gasteiger partial charge is 0.230 e. The fourth-order valence-electron chi connectivity index (χ4n) is 3.24. The van der Waals surface area contributed by atoms with E-state index in [1.165, 1.54) is 12.1 Å². The van der Waals surface area contributed by atoms with Crippen LogP contribution >= 0.6 is 0 Å². The first-order valence-corrected chi connectivity index (χ1v) is 7.82. The molecule has 0 aromatic heterocycles. The van der Waals surface area contributed by atoms with Crippen molar-refractivity contribution in [1.82, 2.24) is 10.2 Å². The number of likely N-dealkylation sites (tertiary alicyclic amines) is 1. The molecule has 1 aliphatic heterocycles. The molecule has 4 heteroatoms. The van der Waals surface area contributed by atoms with E-state index in [9.17, 15) is 9.18 Å². The van der Waals surface area contributed by atoms with E-state index in [0.29, 0.717) is 6.04 Å². The van der Waals surface area contributed by atoms with Gasteiger partial charge in [0.05, 0.1) is 5.41 Å². The van der Waals surface area contributed by atoms with Gasteiger partial charge in [0.25, 0.3) is 0 Å². The van der Waals surface area contributed by atoms with Crippen molar-refractivity contribution in [3.63, 3.8) is 0 Å². The van der Waals surface area contributed by atoms with Crippen molar-refractivity contribution in [2.24, 2.45) is 0 Å². The van der Waals surface area contributed by atoms with Gasteiger partial charge in [-0.3, -0.25) is 9.69 Å². The van der Waals surface area contributed by atoms with Gasteiger partial charge in [0, 0.05) is 25.2 Å². The molecule has 1 saturated carbocycles. The number of carbonyl (C=O) groups excluding carboxylic acids is 1. The molecule has 1 saturated heterocycles. The lowest BCUT2D eigenvalue weighted by atomic mass is 9.94. The Balaban J connectivity index is 1.64. The van der Waals surface area contributed by atoms with Crippen molar-refractivity contribution in [3.8, 4) is 0 Å². The lowest BCUT2D eigenvalue weighted by Gasteiger charge is -2.22. The van der Waals surface area contributed by atoms with Crippen molar-refractivity contribution >= 4 is 5.91 Å². The Kier molecular flexibility index (Phi) is 3.74. The number of carbonyl (C=O) groups is 1. The number of hydrogen-bond acceptors (Lipinski definition) is 2. The molecule has 2 fully saturated rings. The maximum absolute atomic E-state index is 13.0. The molecule has 1 aromatic rings. The number of halogens is 1. The van der Waals surface area contributed by atoms with Crippen LogP contribution < -0.4 is 5.32 Å². The van der Waals surface area contributed by atoms with Crippen molar-refractivity contribution in [2.45, 2.75) is 50.6 Å². The molecule has 3 rings (SSSR count). The molecule has 114 valence electrons. The average molecular weight is 290 g/mol. The molecular weight excluding hydrogens is 267 g/mol. The van der Waals surface area contributed by atoms with Crippen LogP contribution in [0.5, 0.6) is 0 Å². The molecule has 1 aromatic carbocycles. The van der Waals surface area contributed by atoms with Gasteiger partial charge in [-0.15, -0.1) is 0 Å². The van der Waals surface area contributed by atoms with Crippen LogP contribution in [-0.4, -0.2) is 36.0 Å². The zero-order chi connectivity index (χ0) is 15.0. The van der Waals surface area contributed by atoms with Gasteiger partial charge in [0.2, 0.25) is 5.91 Å². The Morgan fingerprint density at radius 2 is 2.00 bits per heavy atom. The summed E-state index contributed by atoms with van der Waals surface area (Å²) in [6.45, 7) is 6.35. The molecule has 0 radical (unpaired) electrons. The zero-order valence-electron chi connectivity index (χ0n) is 12.7. The van der Waals surface area contributed by atoms with Gasteiger partial charge in [0.1, 0.15) is 5.82 Å². The number of benzene rings is 1. The Hall–Kier alpha value is -1.42. The van der Waals surface area contributed by atoms with Crippen molar-refractivity contribution < 1.29 is 9.18 Å². The predicted octanol–water partition coefficient (Wildman–Crippen LogP) is 2.46. The first-order valence-electron chi connectivity index (χ1n) is 7.82. The van der Waals surface area contributed by atoms with Gasteiger partial charge in [-0.05, 0) is 50.8 Å². The Bertz CT molecular complexity index is 522. The van der Waals surface area contributed by atoms with Crippen LogP contribution in [0, 0.1) is 5.82 Å². The van der Waals surface area contributed by atoms with E-state index in [1.807, 2.05) is 0 Å². The number of nitrogens with zero attached hydrogens (tertiary/aromatic N) is 1. The highest BCUT2D eigenvalue weighted by Crippen LogP contribution is 2.48. The van der Waals surface area contributed by atoms with Gasteiger partial charge in [-0.25, -0.2) is 4.39 Å². The summed E-state index contributed by atoms with van der Waals surface area (Å²) >= 11 is 0. The monoisotopic (exact) mass is 290 g/mol. The van der Waals surface area contributed by atoms with E-state index in [0.717, 1.165) is 37.9 Å². The Morgan fingerprint density at radius 3 is 2.52 bits per heavy atom. The van der Waals surface area contributed by atoms with E-state index < -0.39 is 5.41 Å². The van der Waals surface area contributed by atoms with Crippen LogP contribution in [0.4, 0.5) is 4.39 Å². The minimum Gasteiger partial charge on any atom is -0.351 e. The molecule has 21 heavy (non-hydrogen) atoms.